The summed E-state index contributed by atoms with van der Waals surface area (Å²) < 4.78 is 0. The van der Waals surface area contributed by atoms with Crippen LogP contribution in [0.1, 0.15) is 11.1 Å². The topological polar surface area (TPSA) is 41.1 Å². The second-order valence-corrected chi connectivity index (χ2v) is 4.06. The van der Waals surface area contributed by atoms with E-state index in [1.807, 2.05) is 66.7 Å². The number of benzene rings is 2. The van der Waals surface area contributed by atoms with E-state index < -0.39 is 0 Å². The van der Waals surface area contributed by atoms with Gasteiger partial charge in [0.1, 0.15) is 0 Å². The molecule has 0 unspecified atom stereocenters. The molecule has 0 bridgehead atoms. The molecule has 2 aromatic rings. The third kappa shape index (κ3) is 4.68. The molecule has 19 heavy (non-hydrogen) atoms. The van der Waals surface area contributed by atoms with Gasteiger partial charge in [-0.05, 0) is 17.2 Å². The Hall–Kier alpha value is -2.55. The Morgan fingerprint density at radius 3 is 2.26 bits per heavy atom. The molecule has 3 nitrogen and oxygen atoms in total. The molecule has 0 aliphatic rings. The highest BCUT2D eigenvalue weighted by Gasteiger charge is 1.96. The monoisotopic (exact) mass is 252 g/mol. The highest BCUT2D eigenvalue weighted by molar-refractivity contribution is 5.75. The average molecular weight is 252 g/mol. The molecule has 0 radical (unpaired) electrons. The van der Waals surface area contributed by atoms with Crippen LogP contribution in [0.5, 0.6) is 0 Å². The van der Waals surface area contributed by atoms with Crippen molar-refractivity contribution in [2.24, 2.45) is 0 Å². The normalized spacial score (nSPS) is 10.3. The first-order chi connectivity index (χ1) is 9.34. The van der Waals surface area contributed by atoms with Crippen molar-refractivity contribution < 1.29 is 4.79 Å². The zero-order valence-electron chi connectivity index (χ0n) is 10.5. The first kappa shape index (κ1) is 12.9. The summed E-state index contributed by atoms with van der Waals surface area (Å²) in [5.74, 6) is 0. The number of nitrogens with one attached hydrogen (secondary N) is 2. The van der Waals surface area contributed by atoms with E-state index in [-0.39, 0.29) is 6.03 Å². The van der Waals surface area contributed by atoms with Gasteiger partial charge in [0, 0.05) is 12.7 Å². The van der Waals surface area contributed by atoms with Gasteiger partial charge >= 0.3 is 6.03 Å². The highest BCUT2D eigenvalue weighted by Crippen LogP contribution is 1.99. The molecular formula is C16H16N2O. The smallest absolute Gasteiger partial charge is 0.319 e. The van der Waals surface area contributed by atoms with Crippen molar-refractivity contribution in [1.82, 2.24) is 10.6 Å². The fraction of sp³-hybridized carbons (Fsp3) is 0.0625. The van der Waals surface area contributed by atoms with Crippen LogP contribution in [-0.2, 0) is 6.54 Å². The molecule has 96 valence electrons. The fourth-order valence-corrected chi connectivity index (χ4v) is 1.61. The lowest BCUT2D eigenvalue weighted by atomic mass is 10.2. The molecule has 0 heterocycles. The van der Waals surface area contributed by atoms with Gasteiger partial charge < -0.3 is 10.6 Å². The van der Waals surface area contributed by atoms with Crippen LogP contribution >= 0.6 is 0 Å². The minimum Gasteiger partial charge on any atom is -0.334 e. The van der Waals surface area contributed by atoms with Crippen LogP contribution in [0.2, 0.25) is 0 Å². The van der Waals surface area contributed by atoms with Crippen molar-refractivity contribution in [2.45, 2.75) is 6.54 Å². The van der Waals surface area contributed by atoms with Gasteiger partial charge in [-0.15, -0.1) is 0 Å². The lowest BCUT2D eigenvalue weighted by Gasteiger charge is -2.04. The standard InChI is InChI=1S/C16H16N2O/c19-16(18-13-15-9-5-2-6-10-15)17-12-11-14-7-3-1-4-8-14/h1-12H,13H2,(H2,17,18,19)/b12-11+. The lowest BCUT2D eigenvalue weighted by Crippen LogP contribution is -2.31. The van der Waals surface area contributed by atoms with Gasteiger partial charge in [0.15, 0.2) is 0 Å². The zero-order chi connectivity index (χ0) is 13.3. The molecule has 0 aliphatic heterocycles. The largest absolute Gasteiger partial charge is 0.334 e. The Bertz CT molecular complexity index is 535. The number of carbonyl (C=O) groups is 1. The molecular weight excluding hydrogens is 236 g/mol. The number of hydrogen-bond donors (Lipinski definition) is 2. The molecule has 0 aromatic heterocycles. The third-order valence-corrected chi connectivity index (χ3v) is 2.59. The molecule has 0 fully saturated rings. The zero-order valence-corrected chi connectivity index (χ0v) is 10.5. The molecule has 0 saturated heterocycles. The molecule has 0 atom stereocenters. The Kier molecular flexibility index (Phi) is 4.76. The molecule has 2 rings (SSSR count). The summed E-state index contributed by atoms with van der Waals surface area (Å²) >= 11 is 0. The van der Waals surface area contributed by atoms with Crippen LogP contribution in [0.25, 0.3) is 6.08 Å². The number of carbonyl (C=O) groups excluding carboxylic acids is 1. The molecule has 0 spiro atoms. The summed E-state index contributed by atoms with van der Waals surface area (Å²) in [6.45, 7) is 0.520. The maximum atomic E-state index is 11.5. The minimum absolute atomic E-state index is 0.212. The maximum absolute atomic E-state index is 11.5. The van der Waals surface area contributed by atoms with E-state index in [1.165, 1.54) is 0 Å². The van der Waals surface area contributed by atoms with E-state index in [0.29, 0.717) is 6.54 Å². The van der Waals surface area contributed by atoms with Gasteiger partial charge in [-0.2, -0.15) is 0 Å². The third-order valence-electron chi connectivity index (χ3n) is 2.59. The molecule has 0 saturated carbocycles. The van der Waals surface area contributed by atoms with Gasteiger partial charge in [-0.25, -0.2) is 4.79 Å². The Morgan fingerprint density at radius 2 is 1.58 bits per heavy atom. The number of urea groups is 1. The van der Waals surface area contributed by atoms with E-state index in [0.717, 1.165) is 11.1 Å². The molecule has 2 amide bonds. The summed E-state index contributed by atoms with van der Waals surface area (Å²) in [6.07, 6.45) is 3.48. The Balaban J connectivity index is 1.75. The first-order valence-electron chi connectivity index (χ1n) is 6.14. The fourth-order valence-electron chi connectivity index (χ4n) is 1.61. The van der Waals surface area contributed by atoms with Crippen LogP contribution in [0, 0.1) is 0 Å². The molecule has 2 N–H and O–H groups in total. The first-order valence-corrected chi connectivity index (χ1v) is 6.14. The van der Waals surface area contributed by atoms with Crippen molar-refractivity contribution in [3.8, 4) is 0 Å². The predicted octanol–water partition coefficient (Wildman–Crippen LogP) is 3.16. The second-order valence-electron chi connectivity index (χ2n) is 4.06. The van der Waals surface area contributed by atoms with Gasteiger partial charge in [0.05, 0.1) is 0 Å². The quantitative estimate of drug-likeness (QED) is 0.862. The number of hydrogen-bond acceptors (Lipinski definition) is 1. The minimum atomic E-state index is -0.212. The van der Waals surface area contributed by atoms with E-state index in [2.05, 4.69) is 10.6 Å². The predicted molar refractivity (Wildman–Crippen MR) is 77.3 cm³/mol. The summed E-state index contributed by atoms with van der Waals surface area (Å²) in [7, 11) is 0. The second kappa shape index (κ2) is 7.01. The van der Waals surface area contributed by atoms with E-state index in [1.54, 1.807) is 6.20 Å². The van der Waals surface area contributed by atoms with Gasteiger partial charge in [0.25, 0.3) is 0 Å². The Morgan fingerprint density at radius 1 is 0.947 bits per heavy atom. The molecule has 0 aliphatic carbocycles. The summed E-state index contributed by atoms with van der Waals surface area (Å²) in [6, 6.07) is 19.4. The SMILES string of the molecule is O=C(N/C=C/c1ccccc1)NCc1ccccc1. The van der Waals surface area contributed by atoms with E-state index in [9.17, 15) is 4.79 Å². The molecule has 3 heteroatoms. The Labute approximate surface area is 113 Å². The molecule has 2 aromatic carbocycles. The van der Waals surface area contributed by atoms with Crippen molar-refractivity contribution in [1.29, 1.82) is 0 Å². The summed E-state index contributed by atoms with van der Waals surface area (Å²) in [5, 5.41) is 5.45. The van der Waals surface area contributed by atoms with Crippen molar-refractivity contribution in [3.63, 3.8) is 0 Å². The van der Waals surface area contributed by atoms with E-state index in [4.69, 9.17) is 0 Å². The van der Waals surface area contributed by atoms with Gasteiger partial charge in [0.2, 0.25) is 0 Å². The lowest BCUT2D eigenvalue weighted by molar-refractivity contribution is 0.244. The van der Waals surface area contributed by atoms with Gasteiger partial charge in [-0.3, -0.25) is 0 Å². The maximum Gasteiger partial charge on any atom is 0.319 e. The number of amides is 2. The van der Waals surface area contributed by atoms with Crippen molar-refractivity contribution in [3.05, 3.63) is 78.0 Å². The van der Waals surface area contributed by atoms with Crippen LogP contribution in [0.4, 0.5) is 4.79 Å². The highest BCUT2D eigenvalue weighted by atomic mass is 16.2. The number of rotatable bonds is 4. The van der Waals surface area contributed by atoms with Crippen LogP contribution < -0.4 is 10.6 Å². The summed E-state index contributed by atoms with van der Waals surface area (Å²) in [5.41, 5.74) is 2.12. The van der Waals surface area contributed by atoms with Crippen LogP contribution in [-0.4, -0.2) is 6.03 Å². The summed E-state index contributed by atoms with van der Waals surface area (Å²) in [4.78, 5) is 11.5. The van der Waals surface area contributed by atoms with Crippen LogP contribution in [0.15, 0.2) is 66.9 Å². The van der Waals surface area contributed by atoms with E-state index >= 15 is 0 Å². The van der Waals surface area contributed by atoms with Gasteiger partial charge in [-0.1, -0.05) is 60.7 Å². The average Bonchev–Trinajstić information content (AvgIpc) is 2.47. The van der Waals surface area contributed by atoms with Crippen molar-refractivity contribution in [2.75, 3.05) is 0 Å². The van der Waals surface area contributed by atoms with Crippen molar-refractivity contribution >= 4 is 12.1 Å². The van der Waals surface area contributed by atoms with Crippen LogP contribution in [0.3, 0.4) is 0 Å².